The minimum atomic E-state index is -1.64. The van der Waals surface area contributed by atoms with Crippen molar-refractivity contribution in [2.75, 3.05) is 13.2 Å². The van der Waals surface area contributed by atoms with E-state index in [2.05, 4.69) is 4.74 Å². The molecule has 1 saturated heterocycles. The fourth-order valence-corrected chi connectivity index (χ4v) is 1.33. The molecule has 1 aliphatic heterocycles. The zero-order valence-electron chi connectivity index (χ0n) is 8.26. The molecule has 0 amide bonds. The van der Waals surface area contributed by atoms with Gasteiger partial charge < -0.3 is 35.0 Å². The maximum atomic E-state index is 10.1. The molecule has 5 N–H and O–H groups in total. The molecule has 8 heteroatoms. The highest BCUT2D eigenvalue weighted by Crippen LogP contribution is 2.19. The molecule has 1 aliphatic rings. The van der Waals surface area contributed by atoms with Crippen LogP contribution in [0.2, 0.25) is 0 Å². The van der Waals surface area contributed by atoms with E-state index in [1.807, 2.05) is 0 Å². The number of aliphatic hydroxyl groups is 4. The fourth-order valence-electron chi connectivity index (χ4n) is 1.33. The van der Waals surface area contributed by atoms with Crippen LogP contribution in [0.5, 0.6) is 0 Å². The number of carboxylic acid groups (broad SMARTS) is 1. The van der Waals surface area contributed by atoms with E-state index in [9.17, 15) is 15.0 Å². The Morgan fingerprint density at radius 2 is 1.75 bits per heavy atom. The largest absolute Gasteiger partial charge is 0.480 e. The van der Waals surface area contributed by atoms with Crippen molar-refractivity contribution in [2.24, 2.45) is 0 Å². The fraction of sp³-hybridized carbons (Fsp3) is 0.875. The molecule has 0 aromatic heterocycles. The molecule has 94 valence electrons. The Morgan fingerprint density at radius 3 is 2.31 bits per heavy atom. The summed E-state index contributed by atoms with van der Waals surface area (Å²) in [5.74, 6) is -1.19. The zero-order valence-corrected chi connectivity index (χ0v) is 8.26. The normalized spacial score (nSPS) is 39.6. The van der Waals surface area contributed by atoms with Crippen molar-refractivity contribution in [3.63, 3.8) is 0 Å². The quantitative estimate of drug-likeness (QED) is 0.347. The summed E-state index contributed by atoms with van der Waals surface area (Å²) in [5.41, 5.74) is 0. The predicted octanol–water partition coefficient (Wildman–Crippen LogP) is -3.11. The van der Waals surface area contributed by atoms with Crippen LogP contribution in [-0.4, -0.2) is 75.4 Å². The van der Waals surface area contributed by atoms with Crippen LogP contribution in [-0.2, 0) is 14.3 Å². The van der Waals surface area contributed by atoms with Gasteiger partial charge in [-0.1, -0.05) is 0 Å². The second kappa shape index (κ2) is 5.53. The van der Waals surface area contributed by atoms with Gasteiger partial charge in [-0.25, -0.2) is 4.79 Å². The Balaban J connectivity index is 2.44. The number of carbonyl (C=O) groups is 1. The van der Waals surface area contributed by atoms with Crippen LogP contribution in [0, 0.1) is 0 Å². The summed E-state index contributed by atoms with van der Waals surface area (Å²) < 4.78 is 9.39. The SMILES string of the molecule is O=C(O)COC[C@H]1O[C@H](O)[C@H](O)[C@@H](O)[C@H]1O. The van der Waals surface area contributed by atoms with Gasteiger partial charge in [0.15, 0.2) is 6.29 Å². The third-order valence-corrected chi connectivity index (χ3v) is 2.19. The number of hydrogen-bond donors (Lipinski definition) is 5. The molecule has 5 atom stereocenters. The molecule has 0 aromatic rings. The molecule has 0 aliphatic carbocycles. The average Bonchev–Trinajstić information content (AvgIpc) is 2.22. The summed E-state index contributed by atoms with van der Waals surface area (Å²) in [6.07, 6.45) is -7.36. The first-order valence-corrected chi connectivity index (χ1v) is 4.60. The van der Waals surface area contributed by atoms with Gasteiger partial charge in [0, 0.05) is 0 Å². The summed E-state index contributed by atoms with van der Waals surface area (Å²) in [5, 5.41) is 45.2. The first kappa shape index (κ1) is 13.3. The minimum Gasteiger partial charge on any atom is -0.480 e. The zero-order chi connectivity index (χ0) is 12.3. The molecule has 1 heterocycles. The first-order chi connectivity index (χ1) is 7.43. The number of aliphatic hydroxyl groups excluding tert-OH is 4. The van der Waals surface area contributed by atoms with Crippen LogP contribution in [0.15, 0.2) is 0 Å². The highest BCUT2D eigenvalue weighted by Gasteiger charge is 2.42. The molecular weight excluding hydrogens is 224 g/mol. The monoisotopic (exact) mass is 238 g/mol. The Morgan fingerprint density at radius 1 is 1.12 bits per heavy atom. The van der Waals surface area contributed by atoms with Gasteiger partial charge in [-0.2, -0.15) is 0 Å². The van der Waals surface area contributed by atoms with E-state index in [4.69, 9.17) is 20.1 Å². The van der Waals surface area contributed by atoms with Gasteiger partial charge in [0.05, 0.1) is 6.61 Å². The number of rotatable bonds is 4. The highest BCUT2D eigenvalue weighted by atomic mass is 16.6. The predicted molar refractivity (Wildman–Crippen MR) is 47.4 cm³/mol. The number of carboxylic acids is 1. The van der Waals surface area contributed by atoms with E-state index >= 15 is 0 Å². The van der Waals surface area contributed by atoms with Crippen molar-refractivity contribution < 1.29 is 39.8 Å². The van der Waals surface area contributed by atoms with Crippen molar-refractivity contribution in [3.8, 4) is 0 Å². The molecular formula is C8H14O8. The van der Waals surface area contributed by atoms with Crippen LogP contribution < -0.4 is 0 Å². The van der Waals surface area contributed by atoms with Crippen LogP contribution >= 0.6 is 0 Å². The maximum Gasteiger partial charge on any atom is 0.329 e. The summed E-state index contributed by atoms with van der Waals surface area (Å²) >= 11 is 0. The summed E-state index contributed by atoms with van der Waals surface area (Å²) in [7, 11) is 0. The summed E-state index contributed by atoms with van der Waals surface area (Å²) in [6.45, 7) is -0.893. The molecule has 0 aromatic carbocycles. The molecule has 16 heavy (non-hydrogen) atoms. The smallest absolute Gasteiger partial charge is 0.329 e. The van der Waals surface area contributed by atoms with Gasteiger partial charge in [0.2, 0.25) is 0 Å². The summed E-state index contributed by atoms with van der Waals surface area (Å²) in [4.78, 5) is 10.1. The molecule has 1 fully saturated rings. The highest BCUT2D eigenvalue weighted by molar-refractivity contribution is 5.67. The third-order valence-electron chi connectivity index (χ3n) is 2.19. The van der Waals surface area contributed by atoms with Crippen molar-refractivity contribution in [2.45, 2.75) is 30.7 Å². The van der Waals surface area contributed by atoms with Gasteiger partial charge in [0.1, 0.15) is 31.0 Å². The van der Waals surface area contributed by atoms with Crippen LogP contribution in [0.1, 0.15) is 0 Å². The third kappa shape index (κ3) is 3.11. The van der Waals surface area contributed by atoms with E-state index in [-0.39, 0.29) is 6.61 Å². The lowest BCUT2D eigenvalue weighted by Crippen LogP contribution is -2.58. The number of aliphatic carboxylic acids is 1. The topological polar surface area (TPSA) is 137 Å². The van der Waals surface area contributed by atoms with E-state index in [0.29, 0.717) is 0 Å². The molecule has 1 rings (SSSR count). The van der Waals surface area contributed by atoms with E-state index in [0.717, 1.165) is 0 Å². The van der Waals surface area contributed by atoms with Crippen molar-refractivity contribution >= 4 is 5.97 Å². The van der Waals surface area contributed by atoms with Gasteiger partial charge in [-0.15, -0.1) is 0 Å². The summed E-state index contributed by atoms with van der Waals surface area (Å²) in [6, 6.07) is 0. The van der Waals surface area contributed by atoms with E-state index in [1.165, 1.54) is 0 Å². The lowest BCUT2D eigenvalue weighted by Gasteiger charge is -2.38. The van der Waals surface area contributed by atoms with Gasteiger partial charge in [-0.3, -0.25) is 0 Å². The Bertz CT molecular complexity index is 244. The Hall–Kier alpha value is -0.770. The average molecular weight is 238 g/mol. The number of ether oxygens (including phenoxy) is 2. The Kier molecular flexibility index (Phi) is 4.59. The van der Waals surface area contributed by atoms with E-state index < -0.39 is 43.3 Å². The van der Waals surface area contributed by atoms with Gasteiger partial charge >= 0.3 is 5.97 Å². The minimum absolute atomic E-state index is 0.311. The molecule has 8 nitrogen and oxygen atoms in total. The molecule has 0 unspecified atom stereocenters. The Labute approximate surface area is 90.6 Å². The second-order valence-corrected chi connectivity index (χ2v) is 3.45. The maximum absolute atomic E-state index is 10.1. The molecule has 0 bridgehead atoms. The molecule has 0 spiro atoms. The second-order valence-electron chi connectivity index (χ2n) is 3.45. The number of hydrogen-bond acceptors (Lipinski definition) is 7. The first-order valence-electron chi connectivity index (χ1n) is 4.60. The van der Waals surface area contributed by atoms with Crippen LogP contribution in [0.3, 0.4) is 0 Å². The van der Waals surface area contributed by atoms with Crippen LogP contribution in [0.25, 0.3) is 0 Å². The van der Waals surface area contributed by atoms with Crippen molar-refractivity contribution in [1.29, 1.82) is 0 Å². The molecule has 0 radical (unpaired) electrons. The van der Waals surface area contributed by atoms with E-state index in [1.54, 1.807) is 0 Å². The van der Waals surface area contributed by atoms with Crippen LogP contribution in [0.4, 0.5) is 0 Å². The molecule has 0 saturated carbocycles. The standard InChI is InChI=1S/C8H14O8/c9-4(10)2-15-1-3-5(11)6(12)7(13)8(14)16-3/h3,5-8,11-14H,1-2H2,(H,9,10)/t3-,5+,6+,7-,8+/m1/s1. The lowest BCUT2D eigenvalue weighted by atomic mass is 9.99. The van der Waals surface area contributed by atoms with Gasteiger partial charge in [-0.05, 0) is 0 Å². The van der Waals surface area contributed by atoms with Crippen molar-refractivity contribution in [3.05, 3.63) is 0 Å². The lowest BCUT2D eigenvalue weighted by molar-refractivity contribution is -0.288. The van der Waals surface area contributed by atoms with Gasteiger partial charge in [0.25, 0.3) is 0 Å². The van der Waals surface area contributed by atoms with Crippen molar-refractivity contribution in [1.82, 2.24) is 0 Å².